The van der Waals surface area contributed by atoms with Crippen LogP contribution < -0.4 is 16.0 Å². The number of amides is 1. The fourth-order valence-electron chi connectivity index (χ4n) is 4.98. The standard InChI is InChI=1S/C19H33N3O3/c1-12-5-3-6-13-9-16(21-18(12)13)19(24)22-15(10-17(23)25-2)14-7-4-8-20-11-14/h12-16,18,20-21H,3-11H2,1-2H3,(H,22,24). The molecule has 0 aromatic heterocycles. The Kier molecular flexibility index (Phi) is 6.34. The van der Waals surface area contributed by atoms with Crippen LogP contribution in [-0.4, -0.2) is 50.2 Å². The first kappa shape index (κ1) is 18.6. The highest BCUT2D eigenvalue weighted by molar-refractivity contribution is 5.83. The highest BCUT2D eigenvalue weighted by Crippen LogP contribution is 2.36. The van der Waals surface area contributed by atoms with Crippen LogP contribution in [0.1, 0.15) is 51.9 Å². The Balaban J connectivity index is 1.60. The number of piperidine rings is 1. The highest BCUT2D eigenvalue weighted by atomic mass is 16.5. The molecule has 0 aromatic carbocycles. The van der Waals surface area contributed by atoms with E-state index in [9.17, 15) is 9.59 Å². The van der Waals surface area contributed by atoms with Crippen LogP contribution in [0.5, 0.6) is 0 Å². The number of hydrogen-bond acceptors (Lipinski definition) is 5. The van der Waals surface area contributed by atoms with Gasteiger partial charge in [0, 0.05) is 12.1 Å². The first-order valence-corrected chi connectivity index (χ1v) is 9.92. The summed E-state index contributed by atoms with van der Waals surface area (Å²) in [6.45, 7) is 4.15. The van der Waals surface area contributed by atoms with E-state index >= 15 is 0 Å². The van der Waals surface area contributed by atoms with Gasteiger partial charge in [0.2, 0.25) is 5.91 Å². The molecule has 142 valence electrons. The Hall–Kier alpha value is -1.14. The lowest BCUT2D eigenvalue weighted by atomic mass is 9.78. The number of esters is 1. The molecule has 0 radical (unpaired) electrons. The van der Waals surface area contributed by atoms with Gasteiger partial charge in [0.15, 0.2) is 0 Å². The quantitative estimate of drug-likeness (QED) is 0.649. The maximum Gasteiger partial charge on any atom is 0.307 e. The second-order valence-electron chi connectivity index (χ2n) is 8.15. The van der Waals surface area contributed by atoms with Crippen molar-refractivity contribution in [1.82, 2.24) is 16.0 Å². The fourth-order valence-corrected chi connectivity index (χ4v) is 4.98. The summed E-state index contributed by atoms with van der Waals surface area (Å²) in [7, 11) is 1.41. The maximum absolute atomic E-state index is 12.9. The van der Waals surface area contributed by atoms with Crippen LogP contribution >= 0.6 is 0 Å². The van der Waals surface area contributed by atoms with Crippen LogP contribution in [0.15, 0.2) is 0 Å². The van der Waals surface area contributed by atoms with Crippen molar-refractivity contribution in [3.8, 4) is 0 Å². The first-order chi connectivity index (χ1) is 12.1. The molecule has 6 unspecified atom stereocenters. The number of carbonyl (C=O) groups excluding carboxylic acids is 2. The predicted octanol–water partition coefficient (Wildman–Crippen LogP) is 1.20. The molecule has 3 aliphatic rings. The van der Waals surface area contributed by atoms with Crippen molar-refractivity contribution in [3.05, 3.63) is 0 Å². The summed E-state index contributed by atoms with van der Waals surface area (Å²) in [6.07, 6.45) is 7.05. The van der Waals surface area contributed by atoms with Crippen LogP contribution in [-0.2, 0) is 14.3 Å². The number of hydrogen-bond donors (Lipinski definition) is 3. The summed E-state index contributed by atoms with van der Waals surface area (Å²) in [6, 6.07) is 0.210. The lowest BCUT2D eigenvalue weighted by Gasteiger charge is -2.32. The predicted molar refractivity (Wildman–Crippen MR) is 96.0 cm³/mol. The molecule has 1 aliphatic carbocycles. The second-order valence-corrected chi connectivity index (χ2v) is 8.15. The Morgan fingerprint density at radius 2 is 2.08 bits per heavy atom. The van der Waals surface area contributed by atoms with Crippen molar-refractivity contribution in [2.24, 2.45) is 17.8 Å². The highest BCUT2D eigenvalue weighted by Gasteiger charge is 2.42. The molecule has 3 rings (SSSR count). The number of carbonyl (C=O) groups is 2. The molecule has 2 saturated heterocycles. The summed E-state index contributed by atoms with van der Waals surface area (Å²) in [4.78, 5) is 24.7. The Labute approximate surface area is 150 Å². The van der Waals surface area contributed by atoms with Gasteiger partial charge >= 0.3 is 5.97 Å². The molecule has 0 aromatic rings. The maximum atomic E-state index is 12.9. The van der Waals surface area contributed by atoms with Gasteiger partial charge in [-0.25, -0.2) is 0 Å². The van der Waals surface area contributed by atoms with Gasteiger partial charge in [0.05, 0.1) is 19.6 Å². The summed E-state index contributed by atoms with van der Waals surface area (Å²) < 4.78 is 4.84. The Bertz CT molecular complexity index is 479. The molecule has 0 bridgehead atoms. The third-order valence-corrected chi connectivity index (χ3v) is 6.45. The molecule has 25 heavy (non-hydrogen) atoms. The van der Waals surface area contributed by atoms with Crippen LogP contribution in [0.2, 0.25) is 0 Å². The minimum absolute atomic E-state index is 0.0566. The Morgan fingerprint density at radius 3 is 2.76 bits per heavy atom. The van der Waals surface area contributed by atoms with E-state index in [2.05, 4.69) is 22.9 Å². The average Bonchev–Trinajstić information content (AvgIpc) is 3.07. The van der Waals surface area contributed by atoms with Gasteiger partial charge < -0.3 is 20.7 Å². The van der Waals surface area contributed by atoms with E-state index < -0.39 is 0 Å². The smallest absolute Gasteiger partial charge is 0.307 e. The molecule has 0 spiro atoms. The number of nitrogens with one attached hydrogen (secondary N) is 3. The zero-order valence-corrected chi connectivity index (χ0v) is 15.6. The van der Waals surface area contributed by atoms with Gasteiger partial charge in [-0.05, 0) is 62.9 Å². The number of rotatable bonds is 5. The largest absolute Gasteiger partial charge is 0.469 e. The molecule has 2 heterocycles. The topological polar surface area (TPSA) is 79.5 Å². The number of ether oxygens (including phenoxy) is 1. The first-order valence-electron chi connectivity index (χ1n) is 9.92. The lowest BCUT2D eigenvalue weighted by molar-refractivity contribution is -0.141. The van der Waals surface area contributed by atoms with Crippen molar-refractivity contribution in [1.29, 1.82) is 0 Å². The Morgan fingerprint density at radius 1 is 1.24 bits per heavy atom. The van der Waals surface area contributed by atoms with E-state index in [1.54, 1.807) is 0 Å². The van der Waals surface area contributed by atoms with Crippen LogP contribution in [0.3, 0.4) is 0 Å². The van der Waals surface area contributed by atoms with E-state index in [4.69, 9.17) is 4.74 Å². The van der Waals surface area contributed by atoms with Gasteiger partial charge in [-0.3, -0.25) is 9.59 Å². The zero-order valence-electron chi connectivity index (χ0n) is 15.6. The molecule has 6 atom stereocenters. The SMILES string of the molecule is COC(=O)CC(NC(=O)C1CC2CCCC(C)C2N1)C1CCCNC1. The molecule has 2 aliphatic heterocycles. The van der Waals surface area contributed by atoms with Gasteiger partial charge in [-0.2, -0.15) is 0 Å². The van der Waals surface area contributed by atoms with Gasteiger partial charge in [-0.15, -0.1) is 0 Å². The number of fused-ring (bicyclic) bond motifs is 1. The minimum atomic E-state index is -0.252. The van der Waals surface area contributed by atoms with Crippen LogP contribution in [0.25, 0.3) is 0 Å². The van der Waals surface area contributed by atoms with Crippen LogP contribution in [0, 0.1) is 17.8 Å². The molecule has 3 fully saturated rings. The zero-order chi connectivity index (χ0) is 17.8. The van der Waals surface area contributed by atoms with Gasteiger partial charge in [-0.1, -0.05) is 13.3 Å². The summed E-state index contributed by atoms with van der Waals surface area (Å²) >= 11 is 0. The third kappa shape index (κ3) is 4.53. The van der Waals surface area contributed by atoms with E-state index in [0.717, 1.165) is 32.4 Å². The monoisotopic (exact) mass is 351 g/mol. The summed E-state index contributed by atoms with van der Waals surface area (Å²) in [5.41, 5.74) is 0. The van der Waals surface area contributed by atoms with E-state index in [1.807, 2.05) is 0 Å². The number of methoxy groups -OCH3 is 1. The molecule has 6 nitrogen and oxygen atoms in total. The molecule has 1 amide bonds. The normalized spacial score (nSPS) is 36.3. The molecule has 1 saturated carbocycles. The molecule has 3 N–H and O–H groups in total. The van der Waals surface area contributed by atoms with Crippen LogP contribution in [0.4, 0.5) is 0 Å². The van der Waals surface area contributed by atoms with Crippen molar-refractivity contribution in [3.63, 3.8) is 0 Å². The summed E-state index contributed by atoms with van der Waals surface area (Å²) in [5.74, 6) is 1.36. The average molecular weight is 351 g/mol. The lowest BCUT2D eigenvalue weighted by Crippen LogP contribution is -2.52. The fraction of sp³-hybridized carbons (Fsp3) is 0.895. The van der Waals surface area contributed by atoms with Crippen molar-refractivity contribution in [2.75, 3.05) is 20.2 Å². The van der Waals surface area contributed by atoms with E-state index in [1.165, 1.54) is 26.4 Å². The van der Waals surface area contributed by atoms with Crippen molar-refractivity contribution < 1.29 is 14.3 Å². The van der Waals surface area contributed by atoms with Gasteiger partial charge in [0.25, 0.3) is 0 Å². The van der Waals surface area contributed by atoms with E-state index in [-0.39, 0.29) is 30.4 Å². The van der Waals surface area contributed by atoms with Gasteiger partial charge in [0.1, 0.15) is 0 Å². The molecule has 6 heteroatoms. The second kappa shape index (κ2) is 8.49. The molecular formula is C19H33N3O3. The summed E-state index contributed by atoms with van der Waals surface area (Å²) in [5, 5.41) is 10.1. The third-order valence-electron chi connectivity index (χ3n) is 6.45. The minimum Gasteiger partial charge on any atom is -0.469 e. The molecular weight excluding hydrogens is 318 g/mol. The van der Waals surface area contributed by atoms with Crippen molar-refractivity contribution in [2.45, 2.75) is 70.0 Å². The van der Waals surface area contributed by atoms with E-state index in [0.29, 0.717) is 23.8 Å². The van der Waals surface area contributed by atoms with Crippen molar-refractivity contribution >= 4 is 11.9 Å².